The summed E-state index contributed by atoms with van der Waals surface area (Å²) in [5, 5.41) is 23.9. The van der Waals surface area contributed by atoms with Crippen molar-refractivity contribution in [2.45, 2.75) is 65.1 Å². The highest BCUT2D eigenvalue weighted by molar-refractivity contribution is 5.73. The number of hydrogen-bond donors (Lipinski definition) is 3. The highest BCUT2D eigenvalue weighted by atomic mass is 19.1. The van der Waals surface area contributed by atoms with Gasteiger partial charge < -0.3 is 25.0 Å². The summed E-state index contributed by atoms with van der Waals surface area (Å²) in [5.74, 6) is 0.108. The largest absolute Gasteiger partial charge is 0.462 e. The molecule has 6 nitrogen and oxygen atoms in total. The Morgan fingerprint density at radius 1 is 1.24 bits per heavy atom. The van der Waals surface area contributed by atoms with Crippen LogP contribution in [-0.4, -0.2) is 47.3 Å². The molecule has 33 heavy (non-hydrogen) atoms. The van der Waals surface area contributed by atoms with Crippen molar-refractivity contribution in [3.8, 4) is 16.9 Å². The molecule has 3 N–H and O–H groups in total. The molecule has 1 amide bonds. The molecule has 0 unspecified atom stereocenters. The van der Waals surface area contributed by atoms with Gasteiger partial charge in [0.25, 0.3) is 0 Å². The molecule has 3 rings (SSSR count). The number of carbonyl (C=O) groups is 1. The number of carbonyl (C=O) groups excluding carboxylic acids is 1. The number of halogens is 1. The maximum absolute atomic E-state index is 13.9. The van der Waals surface area contributed by atoms with E-state index in [1.54, 1.807) is 24.3 Å². The topological polar surface area (TPSA) is 88.0 Å². The number of benzene rings is 2. The third kappa shape index (κ3) is 6.53. The fraction of sp³-hybridized carbons (Fsp3) is 0.500. The first kappa shape index (κ1) is 8.63. The summed E-state index contributed by atoms with van der Waals surface area (Å²) >= 11 is 0. The minimum atomic E-state index is -1.19. The summed E-state index contributed by atoms with van der Waals surface area (Å²) in [4.78, 5) is 11.2. The Hall–Kier alpha value is -2.48. The van der Waals surface area contributed by atoms with E-state index in [0.717, 1.165) is 17.5 Å². The van der Waals surface area contributed by atoms with Gasteiger partial charge in [0.1, 0.15) is 17.7 Å². The fourth-order valence-corrected chi connectivity index (χ4v) is 4.18. The minimum Gasteiger partial charge on any atom is -0.462 e. The maximum Gasteiger partial charge on any atom is 0.228 e. The van der Waals surface area contributed by atoms with Gasteiger partial charge in [0.15, 0.2) is 0 Å². The second kappa shape index (κ2) is 11.1. The monoisotopic (exact) mass is 602 g/mol. The van der Waals surface area contributed by atoms with Crippen LogP contribution >= 0.6 is 0 Å². The third-order valence-electron chi connectivity index (χ3n) is 6.00. The quantitative estimate of drug-likeness (QED) is 0.280. The van der Waals surface area contributed by atoms with E-state index in [2.05, 4.69) is 19.2 Å². The zero-order valence-corrected chi connectivity index (χ0v) is 19.6. The standard InChI is InChI=1S/C26H34FNO5.24H2/c1-15(2)12-23-16(3)24(30)25(31)26(33-23)32-21-9-8-18(10-11-28-17(4)29)22(14-21)19-6-5-7-20(27)13-19;;;;;;;;;;;;;;;;;;;;;;;;/h5-9,13-16,23-26,30-31H,10-12H2,1-4H3,(H,28,29);24*1H/t16-,23-,24+,25+,26+;;;;;;;;;;;;;;;;;;;;;;;;/m0......................../s1/i;23*1+2T;1+2. The van der Waals surface area contributed by atoms with Crippen LogP contribution in [0.2, 0.25) is 0 Å². The lowest BCUT2D eigenvalue weighted by Crippen LogP contribution is -2.55. The molecule has 7 heteroatoms. The van der Waals surface area contributed by atoms with Crippen molar-refractivity contribution in [3.63, 3.8) is 0 Å². The Balaban J connectivity index is -0.0000000301. The lowest BCUT2D eigenvalue weighted by molar-refractivity contribution is -0.257. The number of aliphatic hydroxyl groups is 2. The van der Waals surface area contributed by atoms with Gasteiger partial charge in [0.2, 0.25) is 12.2 Å². The summed E-state index contributed by atoms with van der Waals surface area (Å²) < 4.78 is 256. The summed E-state index contributed by atoms with van der Waals surface area (Å²) in [6.07, 6.45) is -2.13. The molecule has 228 valence electrons. The van der Waals surface area contributed by atoms with Crippen LogP contribution in [0.4, 0.5) is 4.39 Å². The Bertz CT molecular complexity index is 1030. The molecule has 0 aromatic heterocycles. The average molecular weight is 602 g/mol. The van der Waals surface area contributed by atoms with Crippen LogP contribution in [0.1, 0.15) is 109 Å². The van der Waals surface area contributed by atoms with Gasteiger partial charge >= 0.3 is 0 Å². The molecule has 2 aromatic rings. The first-order valence-electron chi connectivity index (χ1n) is 34.5. The van der Waals surface area contributed by atoms with E-state index in [4.69, 9.17) is 77.8 Å². The molecule has 1 aliphatic heterocycles. The second-order valence-electron chi connectivity index (χ2n) is 9.19. The molecule has 0 aliphatic carbocycles. The van der Waals surface area contributed by atoms with Crippen LogP contribution in [-0.2, 0) is 16.0 Å². The lowest BCUT2D eigenvalue weighted by atomic mass is 9.86. The number of ether oxygens (including phenoxy) is 2. The molecular weight excluding hydrogens is 425 g/mol. The normalized spacial score (nSPS) is 30.7. The van der Waals surface area contributed by atoms with Crippen LogP contribution in [0.3, 0.4) is 0 Å². The van der Waals surface area contributed by atoms with Crippen molar-refractivity contribution in [1.82, 2.24) is 5.32 Å². The summed E-state index contributed by atoms with van der Waals surface area (Å²) in [5.41, 5.74) is 2.35. The number of aliphatic hydroxyl groups excluding tert-OH is 2. The van der Waals surface area contributed by atoms with E-state index in [1.165, 1.54) is 19.1 Å². The van der Waals surface area contributed by atoms with E-state index in [-0.39, 0.29) is 25.2 Å². The number of nitrogens with one attached hydrogen (secondary N) is 1. The molecule has 1 heterocycles. The Morgan fingerprint density at radius 3 is 2.67 bits per heavy atom. The Kier molecular flexibility index (Phi) is 2.90. The van der Waals surface area contributed by atoms with Gasteiger partial charge in [0, 0.05) is 89.1 Å². The zero-order valence-electron chi connectivity index (χ0n) is 65.6. The van der Waals surface area contributed by atoms with Crippen LogP contribution in [0.25, 0.3) is 11.1 Å². The van der Waals surface area contributed by atoms with E-state index >= 15 is 0 Å². The first-order chi connectivity index (χ1) is 38.7. The van der Waals surface area contributed by atoms with Crippen molar-refractivity contribution in [1.29, 1.82) is 0 Å². The Labute approximate surface area is 267 Å². The number of hydrogen-bond acceptors (Lipinski definition) is 5. The lowest BCUT2D eigenvalue weighted by Gasteiger charge is -2.42. The SMILES string of the molecule is CC(=O)NCCc1ccc(O[C@@H]2O[C@@H](CC(C)C)[C@H](C)[C@@H](O)[C@H]2O)cc1-c1cccc(F)c1.[3HH].[3H][3H].[3H][3H].[3H][3H].[3H][3H].[3H][3H].[3H][3H].[3H][3H].[3H][3H].[3H][3H].[3H][3H].[3H][3H].[3H][3H].[3H][3H].[3H][3H].[3H][3H].[3H][3H].[3H][3H].[3H][3H].[3H][3H].[3H][3H].[3H][3H].[3H][3H].[3H][3H]. The Morgan fingerprint density at radius 2 is 2.00 bits per heavy atom. The summed E-state index contributed by atoms with van der Waals surface area (Å²) in [7, 11) is 0. The number of rotatable bonds is 8. The molecule has 0 saturated carbocycles. The van der Waals surface area contributed by atoms with Gasteiger partial charge in [-0.05, 0) is 59.7 Å². The molecule has 1 fully saturated rings. The van der Waals surface area contributed by atoms with Gasteiger partial charge in [-0.25, -0.2) is 4.39 Å². The van der Waals surface area contributed by atoms with E-state index in [1.807, 2.05) is 13.0 Å². The fourth-order valence-electron chi connectivity index (χ4n) is 4.18. The predicted octanol–water partition coefficient (Wildman–Crippen LogP) is 9.58. The van der Waals surface area contributed by atoms with E-state index < -0.39 is 18.5 Å². The molecular formula is C26H82FNO5. The number of amides is 1. The van der Waals surface area contributed by atoms with Crippen molar-refractivity contribution < 1.29 is 98.6 Å². The van der Waals surface area contributed by atoms with Crippen molar-refractivity contribution in [2.24, 2.45) is 11.8 Å². The van der Waals surface area contributed by atoms with E-state index in [9.17, 15) is 19.4 Å². The van der Waals surface area contributed by atoms with Crippen LogP contribution in [0.5, 0.6) is 5.75 Å². The van der Waals surface area contributed by atoms with Crippen LogP contribution in [0.15, 0.2) is 42.5 Å². The molecule has 0 radical (unpaired) electrons. The predicted molar refractivity (Wildman–Crippen MR) is 175 cm³/mol. The van der Waals surface area contributed by atoms with Gasteiger partial charge in [-0.3, -0.25) is 4.79 Å². The molecule has 1 aliphatic rings. The maximum atomic E-state index is 13.9. The molecule has 2 aromatic carbocycles. The second-order valence-corrected chi connectivity index (χ2v) is 9.19. The smallest absolute Gasteiger partial charge is 0.228 e. The van der Waals surface area contributed by atoms with Gasteiger partial charge in [-0.15, -0.1) is 0 Å². The van der Waals surface area contributed by atoms with Crippen LogP contribution in [0, 0.1) is 17.7 Å². The van der Waals surface area contributed by atoms with Crippen LogP contribution < -0.4 is 10.1 Å². The summed E-state index contributed by atoms with van der Waals surface area (Å²) in [6.45, 7) is 7.93. The molecule has 5 atom stereocenters. The highest BCUT2D eigenvalue weighted by Gasteiger charge is 2.43. The van der Waals surface area contributed by atoms with Crippen molar-refractivity contribution in [3.05, 3.63) is 53.8 Å². The minimum absolute atomic E-state index is 0. The third-order valence-corrected chi connectivity index (χ3v) is 6.00. The van der Waals surface area contributed by atoms with Gasteiger partial charge in [0.05, 0.1) is 12.2 Å². The van der Waals surface area contributed by atoms with Crippen molar-refractivity contribution >= 4 is 5.91 Å². The van der Waals surface area contributed by atoms with E-state index in [0.29, 0.717) is 30.2 Å². The van der Waals surface area contributed by atoms with Gasteiger partial charge in [-0.2, -0.15) is 0 Å². The molecule has 0 spiro atoms. The molecule has 0 bridgehead atoms. The molecule has 1 saturated heterocycles. The van der Waals surface area contributed by atoms with Gasteiger partial charge in [-0.1, -0.05) is 39.0 Å². The van der Waals surface area contributed by atoms with Crippen molar-refractivity contribution in [2.75, 3.05) is 6.54 Å². The zero-order chi connectivity index (χ0) is 70.1. The average Bonchev–Trinajstić information content (AvgIpc) is 3.58. The highest BCUT2D eigenvalue weighted by Crippen LogP contribution is 2.33. The summed E-state index contributed by atoms with van der Waals surface area (Å²) in [6, 6.07) is 11.6. The first-order valence-corrected chi connectivity index (χ1v) is 11.5.